The van der Waals surface area contributed by atoms with Crippen LogP contribution in [0.2, 0.25) is 0 Å². The Hall–Kier alpha value is -0.995. The highest BCUT2D eigenvalue weighted by molar-refractivity contribution is 6.63. The quantitative estimate of drug-likeness (QED) is 0.863. The summed E-state index contributed by atoms with van der Waals surface area (Å²) in [7, 11) is -0.506. The standard InChI is InChI=1S/C16H25BO3/c1-11(2)9-12-7-8-13(14(18)10-12)17-19-15(3,4)16(5,6)20-17/h7-8,10-11,18H,9H2,1-6H3. The Morgan fingerprint density at radius 3 is 2.10 bits per heavy atom. The molecule has 3 nitrogen and oxygen atoms in total. The Morgan fingerprint density at radius 1 is 1.10 bits per heavy atom. The van der Waals surface area contributed by atoms with Crippen LogP contribution < -0.4 is 5.46 Å². The van der Waals surface area contributed by atoms with Crippen molar-refractivity contribution in [3.8, 4) is 5.75 Å². The molecule has 1 saturated heterocycles. The van der Waals surface area contributed by atoms with E-state index in [1.165, 1.54) is 0 Å². The number of hydrogen-bond acceptors (Lipinski definition) is 3. The third-order valence-electron chi connectivity index (χ3n) is 4.25. The summed E-state index contributed by atoms with van der Waals surface area (Å²) >= 11 is 0. The van der Waals surface area contributed by atoms with Crippen LogP contribution in [0.25, 0.3) is 0 Å². The predicted molar refractivity (Wildman–Crippen MR) is 82.4 cm³/mol. The summed E-state index contributed by atoms with van der Waals surface area (Å²) in [6.45, 7) is 12.4. The minimum absolute atomic E-state index is 0.252. The average Bonchev–Trinajstić information content (AvgIpc) is 2.46. The summed E-state index contributed by atoms with van der Waals surface area (Å²) in [4.78, 5) is 0. The van der Waals surface area contributed by atoms with Gasteiger partial charge < -0.3 is 14.4 Å². The summed E-state index contributed by atoms with van der Waals surface area (Å²) in [5, 5.41) is 10.2. The minimum Gasteiger partial charge on any atom is -0.508 e. The van der Waals surface area contributed by atoms with Crippen molar-refractivity contribution in [2.24, 2.45) is 5.92 Å². The first-order valence-corrected chi connectivity index (χ1v) is 7.30. The lowest BCUT2D eigenvalue weighted by atomic mass is 9.77. The predicted octanol–water partition coefficient (Wildman–Crippen LogP) is 2.89. The van der Waals surface area contributed by atoms with Crippen molar-refractivity contribution in [1.29, 1.82) is 0 Å². The molecule has 0 unspecified atom stereocenters. The highest BCUT2D eigenvalue weighted by Crippen LogP contribution is 2.37. The van der Waals surface area contributed by atoms with Crippen molar-refractivity contribution in [1.82, 2.24) is 0 Å². The van der Waals surface area contributed by atoms with Crippen LogP contribution in [0.4, 0.5) is 0 Å². The lowest BCUT2D eigenvalue weighted by Gasteiger charge is -2.32. The summed E-state index contributed by atoms with van der Waals surface area (Å²) in [6.07, 6.45) is 0.956. The monoisotopic (exact) mass is 276 g/mol. The Labute approximate surface area is 122 Å². The van der Waals surface area contributed by atoms with Crippen LogP contribution in [0, 0.1) is 5.92 Å². The summed E-state index contributed by atoms with van der Waals surface area (Å²) < 4.78 is 11.9. The molecule has 0 aliphatic carbocycles. The van der Waals surface area contributed by atoms with Crippen LogP contribution >= 0.6 is 0 Å². The van der Waals surface area contributed by atoms with Gasteiger partial charge in [0.25, 0.3) is 0 Å². The Kier molecular flexibility index (Phi) is 3.91. The molecule has 1 aliphatic heterocycles. The van der Waals surface area contributed by atoms with Gasteiger partial charge in [-0.25, -0.2) is 0 Å². The van der Waals surface area contributed by atoms with Gasteiger partial charge in [-0.2, -0.15) is 0 Å². The molecule has 1 N–H and O–H groups in total. The number of rotatable bonds is 3. The minimum atomic E-state index is -0.506. The molecular weight excluding hydrogens is 251 g/mol. The lowest BCUT2D eigenvalue weighted by molar-refractivity contribution is 0.00578. The zero-order valence-electron chi connectivity index (χ0n) is 13.4. The topological polar surface area (TPSA) is 38.7 Å². The van der Waals surface area contributed by atoms with E-state index in [0.717, 1.165) is 12.0 Å². The number of aromatic hydroxyl groups is 1. The normalized spacial score (nSPS) is 20.6. The molecule has 0 bridgehead atoms. The maximum Gasteiger partial charge on any atom is 0.498 e. The van der Waals surface area contributed by atoms with Crippen LogP contribution in [0.1, 0.15) is 47.1 Å². The van der Waals surface area contributed by atoms with Crippen molar-refractivity contribution in [3.05, 3.63) is 23.8 Å². The second kappa shape index (κ2) is 5.08. The maximum absolute atomic E-state index is 10.2. The lowest BCUT2D eigenvalue weighted by Crippen LogP contribution is -2.41. The van der Waals surface area contributed by atoms with E-state index in [4.69, 9.17) is 9.31 Å². The van der Waals surface area contributed by atoms with Gasteiger partial charge >= 0.3 is 7.12 Å². The van der Waals surface area contributed by atoms with Gasteiger partial charge in [0.05, 0.1) is 11.2 Å². The van der Waals surface area contributed by atoms with Gasteiger partial charge in [-0.3, -0.25) is 0 Å². The molecule has 1 aromatic carbocycles. The fourth-order valence-corrected chi connectivity index (χ4v) is 2.36. The fraction of sp³-hybridized carbons (Fsp3) is 0.625. The zero-order chi connectivity index (χ0) is 15.1. The third kappa shape index (κ3) is 2.86. The van der Waals surface area contributed by atoms with Gasteiger partial charge in [-0.05, 0) is 51.7 Å². The molecule has 0 saturated carbocycles. The Bertz CT molecular complexity index is 478. The molecule has 1 aromatic rings. The third-order valence-corrected chi connectivity index (χ3v) is 4.25. The van der Waals surface area contributed by atoms with E-state index in [1.807, 2.05) is 45.9 Å². The van der Waals surface area contributed by atoms with E-state index >= 15 is 0 Å². The molecule has 110 valence electrons. The molecule has 0 radical (unpaired) electrons. The molecule has 0 spiro atoms. The number of phenols is 1. The second-order valence-electron chi connectivity index (χ2n) is 7.08. The van der Waals surface area contributed by atoms with E-state index in [2.05, 4.69) is 13.8 Å². The molecular formula is C16H25BO3. The highest BCUT2D eigenvalue weighted by atomic mass is 16.7. The summed E-state index contributed by atoms with van der Waals surface area (Å²) in [5.74, 6) is 0.818. The fourth-order valence-electron chi connectivity index (χ4n) is 2.36. The van der Waals surface area contributed by atoms with Gasteiger partial charge in [0, 0.05) is 5.46 Å². The molecule has 0 atom stereocenters. The van der Waals surface area contributed by atoms with E-state index in [1.54, 1.807) is 0 Å². The van der Waals surface area contributed by atoms with Crippen molar-refractivity contribution in [3.63, 3.8) is 0 Å². The van der Waals surface area contributed by atoms with Crippen molar-refractivity contribution in [2.45, 2.75) is 59.2 Å². The van der Waals surface area contributed by atoms with Gasteiger partial charge in [0.1, 0.15) is 5.75 Å². The van der Waals surface area contributed by atoms with Crippen molar-refractivity contribution in [2.75, 3.05) is 0 Å². The largest absolute Gasteiger partial charge is 0.508 e. The first-order valence-electron chi connectivity index (χ1n) is 7.30. The van der Waals surface area contributed by atoms with E-state index in [0.29, 0.717) is 11.4 Å². The molecule has 20 heavy (non-hydrogen) atoms. The molecule has 0 amide bonds. The molecule has 1 aliphatic rings. The number of hydrogen-bond donors (Lipinski definition) is 1. The van der Waals surface area contributed by atoms with E-state index < -0.39 is 7.12 Å². The van der Waals surface area contributed by atoms with Gasteiger partial charge in [0.2, 0.25) is 0 Å². The van der Waals surface area contributed by atoms with Crippen LogP contribution in [-0.4, -0.2) is 23.4 Å². The van der Waals surface area contributed by atoms with Crippen molar-refractivity contribution >= 4 is 12.6 Å². The maximum atomic E-state index is 10.2. The van der Waals surface area contributed by atoms with Crippen LogP contribution in [-0.2, 0) is 15.7 Å². The van der Waals surface area contributed by atoms with Gasteiger partial charge in [0.15, 0.2) is 0 Å². The van der Waals surface area contributed by atoms with Gasteiger partial charge in [-0.1, -0.05) is 26.0 Å². The second-order valence-corrected chi connectivity index (χ2v) is 7.08. The smallest absolute Gasteiger partial charge is 0.498 e. The van der Waals surface area contributed by atoms with E-state index in [-0.39, 0.29) is 17.0 Å². The molecule has 0 aromatic heterocycles. The average molecular weight is 276 g/mol. The Morgan fingerprint density at radius 2 is 1.65 bits per heavy atom. The van der Waals surface area contributed by atoms with Crippen LogP contribution in [0.5, 0.6) is 5.75 Å². The van der Waals surface area contributed by atoms with Gasteiger partial charge in [-0.15, -0.1) is 0 Å². The zero-order valence-corrected chi connectivity index (χ0v) is 13.4. The summed E-state index contributed by atoms with van der Waals surface area (Å²) in [6, 6.07) is 5.77. The number of benzene rings is 1. The Balaban J connectivity index is 2.23. The molecule has 1 heterocycles. The first kappa shape index (κ1) is 15.4. The SMILES string of the molecule is CC(C)Cc1ccc(B2OC(C)(C)C(C)(C)O2)c(O)c1. The highest BCUT2D eigenvalue weighted by Gasteiger charge is 2.52. The molecule has 4 heteroatoms. The van der Waals surface area contributed by atoms with E-state index in [9.17, 15) is 5.11 Å². The molecule has 2 rings (SSSR count). The first-order chi connectivity index (χ1) is 9.12. The molecule has 1 fully saturated rings. The summed E-state index contributed by atoms with van der Waals surface area (Å²) in [5.41, 5.74) is 1.07. The number of phenolic OH excluding ortho intramolecular Hbond substituents is 1. The van der Waals surface area contributed by atoms with Crippen LogP contribution in [0.3, 0.4) is 0 Å². The van der Waals surface area contributed by atoms with Crippen LogP contribution in [0.15, 0.2) is 18.2 Å². The van der Waals surface area contributed by atoms with Crippen molar-refractivity contribution < 1.29 is 14.4 Å².